The first-order valence-electron chi connectivity index (χ1n) is 7.49. The summed E-state index contributed by atoms with van der Waals surface area (Å²) in [6.07, 6.45) is 2.61. The zero-order chi connectivity index (χ0) is 15.4. The van der Waals surface area contributed by atoms with E-state index in [0.717, 1.165) is 25.2 Å². The molecule has 1 heterocycles. The molecule has 0 bridgehead atoms. The van der Waals surface area contributed by atoms with Gasteiger partial charge in [-0.05, 0) is 46.0 Å². The number of likely N-dealkylation sites (tertiary alicyclic amines) is 1. The van der Waals surface area contributed by atoms with Crippen molar-refractivity contribution in [1.29, 1.82) is 0 Å². The summed E-state index contributed by atoms with van der Waals surface area (Å²) in [5, 5.41) is 11.3. The van der Waals surface area contributed by atoms with Crippen molar-refractivity contribution in [3.63, 3.8) is 0 Å². The number of likely N-dealkylation sites (N-methyl/N-ethyl adjacent to an activating group) is 1. The van der Waals surface area contributed by atoms with Crippen molar-refractivity contribution in [2.75, 3.05) is 33.7 Å². The van der Waals surface area contributed by atoms with Crippen LogP contribution in [0.15, 0.2) is 18.2 Å². The van der Waals surface area contributed by atoms with E-state index >= 15 is 0 Å². The van der Waals surface area contributed by atoms with E-state index in [1.807, 2.05) is 12.1 Å². The van der Waals surface area contributed by atoms with E-state index in [1.165, 1.54) is 12.8 Å². The maximum Gasteiger partial charge on any atom is 0.0817 e. The van der Waals surface area contributed by atoms with E-state index in [0.29, 0.717) is 22.5 Å². The van der Waals surface area contributed by atoms with Crippen molar-refractivity contribution in [2.45, 2.75) is 31.4 Å². The van der Waals surface area contributed by atoms with Gasteiger partial charge in [-0.3, -0.25) is 4.90 Å². The molecule has 1 aliphatic heterocycles. The summed E-state index contributed by atoms with van der Waals surface area (Å²) in [5.74, 6) is 0. The van der Waals surface area contributed by atoms with Gasteiger partial charge in [0.25, 0.3) is 0 Å². The molecule has 1 aromatic carbocycles. The minimum Gasteiger partial charge on any atom is -0.388 e. The molecule has 0 saturated carbocycles. The molecule has 21 heavy (non-hydrogen) atoms. The first-order chi connectivity index (χ1) is 9.99. The first-order valence-corrected chi connectivity index (χ1v) is 8.25. The van der Waals surface area contributed by atoms with Gasteiger partial charge in [0.15, 0.2) is 0 Å². The SMILES string of the molecule is CN(C)CC1CCCN1CCC(O)c1cccc(Cl)c1Cl. The van der Waals surface area contributed by atoms with E-state index in [4.69, 9.17) is 23.2 Å². The summed E-state index contributed by atoms with van der Waals surface area (Å²) in [5.41, 5.74) is 0.729. The van der Waals surface area contributed by atoms with Crippen LogP contribution in [0.4, 0.5) is 0 Å². The third-order valence-corrected chi connectivity index (χ3v) is 4.94. The molecule has 1 N–H and O–H groups in total. The first kappa shape index (κ1) is 17.0. The molecule has 2 rings (SSSR count). The fourth-order valence-electron chi connectivity index (χ4n) is 3.04. The summed E-state index contributed by atoms with van der Waals surface area (Å²) in [6.45, 7) is 3.09. The van der Waals surface area contributed by atoms with Crippen LogP contribution in [-0.2, 0) is 0 Å². The highest BCUT2D eigenvalue weighted by Gasteiger charge is 2.25. The molecular formula is C16H24Cl2N2O. The molecule has 3 nitrogen and oxygen atoms in total. The number of aliphatic hydroxyl groups is 1. The molecule has 1 fully saturated rings. The zero-order valence-electron chi connectivity index (χ0n) is 12.7. The third kappa shape index (κ3) is 4.57. The van der Waals surface area contributed by atoms with E-state index in [-0.39, 0.29) is 0 Å². The average molecular weight is 331 g/mol. The summed E-state index contributed by atoms with van der Waals surface area (Å²) >= 11 is 12.2. The second kappa shape index (κ2) is 7.80. The van der Waals surface area contributed by atoms with Crippen LogP contribution in [0.2, 0.25) is 10.0 Å². The quantitative estimate of drug-likeness (QED) is 0.865. The molecule has 2 unspecified atom stereocenters. The van der Waals surface area contributed by atoms with Crippen molar-refractivity contribution in [1.82, 2.24) is 9.80 Å². The van der Waals surface area contributed by atoms with Gasteiger partial charge in [-0.25, -0.2) is 0 Å². The van der Waals surface area contributed by atoms with Crippen LogP contribution in [0.1, 0.15) is 30.9 Å². The second-order valence-electron chi connectivity index (χ2n) is 6.04. The van der Waals surface area contributed by atoms with E-state index < -0.39 is 6.10 Å². The normalized spacial score (nSPS) is 21.1. The predicted octanol–water partition coefficient (Wildman–Crippen LogP) is 3.44. The summed E-state index contributed by atoms with van der Waals surface area (Å²) in [4.78, 5) is 4.70. The zero-order valence-corrected chi connectivity index (χ0v) is 14.2. The molecule has 1 saturated heterocycles. The molecule has 1 aliphatic rings. The smallest absolute Gasteiger partial charge is 0.0817 e. The fourth-order valence-corrected chi connectivity index (χ4v) is 3.47. The molecule has 0 aliphatic carbocycles. The van der Waals surface area contributed by atoms with Gasteiger partial charge in [-0.1, -0.05) is 35.3 Å². The van der Waals surface area contributed by atoms with Gasteiger partial charge >= 0.3 is 0 Å². The Morgan fingerprint density at radius 2 is 2.14 bits per heavy atom. The highest BCUT2D eigenvalue weighted by Crippen LogP contribution is 2.31. The van der Waals surface area contributed by atoms with Crippen molar-refractivity contribution in [3.05, 3.63) is 33.8 Å². The Labute approximate surface area is 137 Å². The highest BCUT2D eigenvalue weighted by atomic mass is 35.5. The molecular weight excluding hydrogens is 307 g/mol. The fraction of sp³-hybridized carbons (Fsp3) is 0.625. The number of halogens is 2. The Kier molecular flexibility index (Phi) is 6.33. The third-order valence-electron chi connectivity index (χ3n) is 4.11. The lowest BCUT2D eigenvalue weighted by molar-refractivity contribution is 0.131. The molecule has 5 heteroatoms. The topological polar surface area (TPSA) is 26.7 Å². The Balaban J connectivity index is 1.91. The van der Waals surface area contributed by atoms with Gasteiger partial charge in [-0.2, -0.15) is 0 Å². The van der Waals surface area contributed by atoms with E-state index in [9.17, 15) is 5.11 Å². The summed E-state index contributed by atoms with van der Waals surface area (Å²) in [6, 6.07) is 6.02. The van der Waals surface area contributed by atoms with Crippen LogP contribution in [0.3, 0.4) is 0 Å². The van der Waals surface area contributed by atoms with Crippen molar-refractivity contribution < 1.29 is 5.11 Å². The average Bonchev–Trinajstić information content (AvgIpc) is 2.85. The Hall–Kier alpha value is -0.320. The highest BCUT2D eigenvalue weighted by molar-refractivity contribution is 6.42. The van der Waals surface area contributed by atoms with Crippen molar-refractivity contribution in [3.8, 4) is 0 Å². The number of rotatable bonds is 6. The van der Waals surface area contributed by atoms with Gasteiger partial charge in [0, 0.05) is 24.7 Å². The maximum absolute atomic E-state index is 10.4. The van der Waals surface area contributed by atoms with Gasteiger partial charge in [0.05, 0.1) is 16.1 Å². The Morgan fingerprint density at radius 3 is 2.86 bits per heavy atom. The minimum absolute atomic E-state index is 0.470. The lowest BCUT2D eigenvalue weighted by Gasteiger charge is -2.28. The lowest BCUT2D eigenvalue weighted by Crippen LogP contribution is -2.38. The molecule has 0 amide bonds. The van der Waals surface area contributed by atoms with Gasteiger partial charge in [0.1, 0.15) is 0 Å². The second-order valence-corrected chi connectivity index (χ2v) is 6.83. The Bertz CT molecular complexity index is 468. The number of hydrogen-bond donors (Lipinski definition) is 1. The van der Waals surface area contributed by atoms with E-state index in [1.54, 1.807) is 6.07 Å². The summed E-state index contributed by atoms with van der Waals surface area (Å²) < 4.78 is 0. The van der Waals surface area contributed by atoms with Crippen LogP contribution in [0.5, 0.6) is 0 Å². The van der Waals surface area contributed by atoms with E-state index in [2.05, 4.69) is 23.9 Å². The Morgan fingerprint density at radius 1 is 1.38 bits per heavy atom. The lowest BCUT2D eigenvalue weighted by atomic mass is 10.1. The van der Waals surface area contributed by atoms with Gasteiger partial charge in [0.2, 0.25) is 0 Å². The standard InChI is InChI=1S/C16H24Cl2N2O/c1-19(2)11-12-5-4-9-20(12)10-8-15(21)13-6-3-7-14(17)16(13)18/h3,6-7,12,15,21H,4-5,8-11H2,1-2H3. The van der Waals surface area contributed by atoms with Crippen LogP contribution in [-0.4, -0.2) is 54.7 Å². The maximum atomic E-state index is 10.4. The van der Waals surface area contributed by atoms with Crippen LogP contribution < -0.4 is 0 Å². The molecule has 0 aromatic heterocycles. The van der Waals surface area contributed by atoms with Gasteiger partial charge in [-0.15, -0.1) is 0 Å². The monoisotopic (exact) mass is 330 g/mol. The molecule has 118 valence electrons. The predicted molar refractivity (Wildman–Crippen MR) is 89.2 cm³/mol. The number of aliphatic hydroxyl groups excluding tert-OH is 1. The van der Waals surface area contributed by atoms with Crippen LogP contribution in [0, 0.1) is 0 Å². The number of benzene rings is 1. The number of nitrogens with zero attached hydrogens (tertiary/aromatic N) is 2. The molecule has 0 radical (unpaired) electrons. The van der Waals surface area contributed by atoms with Crippen molar-refractivity contribution >= 4 is 23.2 Å². The van der Waals surface area contributed by atoms with Gasteiger partial charge < -0.3 is 10.0 Å². The largest absolute Gasteiger partial charge is 0.388 e. The minimum atomic E-state index is -0.559. The van der Waals surface area contributed by atoms with Crippen LogP contribution >= 0.6 is 23.2 Å². The summed E-state index contributed by atoms with van der Waals surface area (Å²) in [7, 11) is 4.22. The van der Waals surface area contributed by atoms with Crippen molar-refractivity contribution in [2.24, 2.45) is 0 Å². The van der Waals surface area contributed by atoms with Crippen LogP contribution in [0.25, 0.3) is 0 Å². The number of hydrogen-bond acceptors (Lipinski definition) is 3. The molecule has 0 spiro atoms. The molecule has 1 aromatic rings. The molecule has 2 atom stereocenters.